The number of carbonyl (C=O) groups is 2. The Hall–Kier alpha value is -2.48. The van der Waals surface area contributed by atoms with Crippen LogP contribution in [0.2, 0.25) is 5.02 Å². The molecule has 1 aromatic heterocycles. The Labute approximate surface area is 154 Å². The highest BCUT2D eigenvalue weighted by Crippen LogP contribution is 2.21. The predicted octanol–water partition coefficient (Wildman–Crippen LogP) is 4.32. The van der Waals surface area contributed by atoms with E-state index in [0.29, 0.717) is 18.7 Å². The number of nitrogens with zero attached hydrogens (tertiary/aromatic N) is 2. The van der Waals surface area contributed by atoms with Gasteiger partial charge in [-0.2, -0.15) is 5.10 Å². The monoisotopic (exact) mass is 385 g/mol. The van der Waals surface area contributed by atoms with Gasteiger partial charge in [-0.3, -0.25) is 10.00 Å². The van der Waals surface area contributed by atoms with Crippen LogP contribution in [0.5, 0.6) is 0 Å². The first-order valence-corrected chi connectivity index (χ1v) is 8.32. The zero-order valence-electron chi connectivity index (χ0n) is 14.1. The normalized spacial score (nSPS) is 10.6. The molecule has 1 N–H and O–H groups in total. The number of rotatable bonds is 8. The van der Waals surface area contributed by atoms with Gasteiger partial charge in [0.15, 0.2) is 5.82 Å². The van der Waals surface area contributed by atoms with E-state index in [0.717, 1.165) is 25.0 Å². The second-order valence-corrected chi connectivity index (χ2v) is 6.08. The van der Waals surface area contributed by atoms with Gasteiger partial charge in [0.05, 0.1) is 22.5 Å². The van der Waals surface area contributed by atoms with Gasteiger partial charge in [0.2, 0.25) is 0 Å². The number of ether oxygens (including phenoxy) is 1. The molecule has 0 atom stereocenters. The summed E-state index contributed by atoms with van der Waals surface area (Å²) in [4.78, 5) is 22.6. The Bertz CT molecular complexity index is 796. The number of halogens is 3. The van der Waals surface area contributed by atoms with E-state index in [1.807, 2.05) is 0 Å². The predicted molar refractivity (Wildman–Crippen MR) is 91.9 cm³/mol. The SMILES string of the molecule is CC(=O)CCCCn1cc(NC(=O)OCc2c(F)ccc(Cl)c2F)cn1. The van der Waals surface area contributed by atoms with Crippen molar-refractivity contribution in [2.24, 2.45) is 0 Å². The van der Waals surface area contributed by atoms with Crippen LogP contribution in [0, 0.1) is 11.6 Å². The summed E-state index contributed by atoms with van der Waals surface area (Å²) in [6, 6.07) is 2.08. The molecule has 0 bridgehead atoms. The zero-order valence-corrected chi connectivity index (χ0v) is 14.9. The average molecular weight is 386 g/mol. The van der Waals surface area contributed by atoms with Crippen LogP contribution in [0.1, 0.15) is 31.7 Å². The van der Waals surface area contributed by atoms with Gasteiger partial charge < -0.3 is 9.53 Å². The van der Waals surface area contributed by atoms with Crippen molar-refractivity contribution < 1.29 is 23.1 Å². The van der Waals surface area contributed by atoms with Crippen LogP contribution >= 0.6 is 11.6 Å². The molecule has 0 unspecified atom stereocenters. The lowest BCUT2D eigenvalue weighted by molar-refractivity contribution is -0.117. The number of hydrogen-bond donors (Lipinski definition) is 1. The number of ketones is 1. The Balaban J connectivity index is 1.82. The van der Waals surface area contributed by atoms with Crippen LogP contribution in [0.25, 0.3) is 0 Å². The maximum absolute atomic E-state index is 13.7. The van der Waals surface area contributed by atoms with Crippen LogP contribution in [-0.2, 0) is 22.7 Å². The Kier molecular flexibility index (Phi) is 7.08. The number of anilines is 1. The third-order valence-corrected chi connectivity index (χ3v) is 3.82. The van der Waals surface area contributed by atoms with Gasteiger partial charge in [0, 0.05) is 19.2 Å². The number of amides is 1. The number of carbonyl (C=O) groups excluding carboxylic acids is 2. The molecular formula is C17H18ClF2N3O3. The molecule has 0 radical (unpaired) electrons. The summed E-state index contributed by atoms with van der Waals surface area (Å²) in [6.07, 6.45) is 4.20. The lowest BCUT2D eigenvalue weighted by Gasteiger charge is -2.08. The van der Waals surface area contributed by atoms with Gasteiger partial charge in [0.25, 0.3) is 0 Å². The van der Waals surface area contributed by atoms with Crippen molar-refractivity contribution in [3.8, 4) is 0 Å². The molecule has 0 fully saturated rings. The van der Waals surface area contributed by atoms with Gasteiger partial charge in [-0.1, -0.05) is 11.6 Å². The Morgan fingerprint density at radius 3 is 2.81 bits per heavy atom. The van der Waals surface area contributed by atoms with Gasteiger partial charge >= 0.3 is 6.09 Å². The van der Waals surface area contributed by atoms with Crippen molar-refractivity contribution in [1.29, 1.82) is 0 Å². The summed E-state index contributed by atoms with van der Waals surface area (Å²) in [5.74, 6) is -1.67. The first-order valence-electron chi connectivity index (χ1n) is 7.95. The Morgan fingerprint density at radius 1 is 1.31 bits per heavy atom. The van der Waals surface area contributed by atoms with Crippen molar-refractivity contribution in [1.82, 2.24) is 9.78 Å². The maximum Gasteiger partial charge on any atom is 0.412 e. The molecule has 2 aromatic rings. The van der Waals surface area contributed by atoms with E-state index in [1.165, 1.54) is 6.20 Å². The fourth-order valence-electron chi connectivity index (χ4n) is 2.19. The molecule has 9 heteroatoms. The minimum Gasteiger partial charge on any atom is -0.444 e. The van der Waals surface area contributed by atoms with Crippen molar-refractivity contribution in [3.05, 3.63) is 46.7 Å². The second kappa shape index (κ2) is 9.28. The zero-order chi connectivity index (χ0) is 19.1. The van der Waals surface area contributed by atoms with Crippen LogP contribution < -0.4 is 5.32 Å². The third kappa shape index (κ3) is 5.80. The minimum atomic E-state index is -0.960. The number of Topliss-reactive ketones (excluding diaryl/α,β-unsaturated/α-hetero) is 1. The molecule has 0 saturated heterocycles. The molecule has 6 nitrogen and oxygen atoms in total. The Morgan fingerprint density at radius 2 is 2.08 bits per heavy atom. The van der Waals surface area contributed by atoms with Crippen molar-refractivity contribution >= 4 is 29.2 Å². The molecular weight excluding hydrogens is 368 g/mol. The number of benzene rings is 1. The van der Waals surface area contributed by atoms with E-state index >= 15 is 0 Å². The number of nitrogens with one attached hydrogen (secondary N) is 1. The smallest absolute Gasteiger partial charge is 0.412 e. The molecule has 0 spiro atoms. The van der Waals surface area contributed by atoms with Gasteiger partial charge in [0.1, 0.15) is 18.2 Å². The summed E-state index contributed by atoms with van der Waals surface area (Å²) < 4.78 is 33.7. The van der Waals surface area contributed by atoms with Crippen molar-refractivity contribution in [2.75, 3.05) is 5.32 Å². The van der Waals surface area contributed by atoms with E-state index in [1.54, 1.807) is 17.8 Å². The number of aromatic nitrogens is 2. The van der Waals surface area contributed by atoms with E-state index in [2.05, 4.69) is 10.4 Å². The first-order chi connectivity index (χ1) is 12.4. The summed E-state index contributed by atoms with van der Waals surface area (Å²) in [7, 11) is 0. The van der Waals surface area contributed by atoms with E-state index < -0.39 is 29.9 Å². The van der Waals surface area contributed by atoms with Gasteiger partial charge in [-0.15, -0.1) is 0 Å². The second-order valence-electron chi connectivity index (χ2n) is 5.67. The topological polar surface area (TPSA) is 73.2 Å². The van der Waals surface area contributed by atoms with E-state index in [9.17, 15) is 18.4 Å². The van der Waals surface area contributed by atoms with Crippen molar-refractivity contribution in [3.63, 3.8) is 0 Å². The average Bonchev–Trinajstić information content (AvgIpc) is 3.02. The highest BCUT2D eigenvalue weighted by Gasteiger charge is 2.15. The van der Waals surface area contributed by atoms with Crippen molar-refractivity contribution in [2.45, 2.75) is 39.3 Å². The number of hydrogen-bond acceptors (Lipinski definition) is 4. The highest BCUT2D eigenvalue weighted by atomic mass is 35.5. The fraction of sp³-hybridized carbons (Fsp3) is 0.353. The lowest BCUT2D eigenvalue weighted by atomic mass is 10.2. The first kappa shape index (κ1) is 19.8. The van der Waals surface area contributed by atoms with Crippen LogP contribution in [-0.4, -0.2) is 21.7 Å². The lowest BCUT2D eigenvalue weighted by Crippen LogP contribution is -2.14. The third-order valence-electron chi connectivity index (χ3n) is 3.53. The van der Waals surface area contributed by atoms with Crippen LogP contribution in [0.15, 0.2) is 24.5 Å². The van der Waals surface area contributed by atoms with Crippen LogP contribution in [0.3, 0.4) is 0 Å². The largest absolute Gasteiger partial charge is 0.444 e. The van der Waals surface area contributed by atoms with Crippen LogP contribution in [0.4, 0.5) is 19.3 Å². The molecule has 1 amide bonds. The summed E-state index contributed by atoms with van der Waals surface area (Å²) in [6.45, 7) is 1.55. The molecule has 0 aliphatic carbocycles. The van der Waals surface area contributed by atoms with E-state index in [-0.39, 0.29) is 10.8 Å². The molecule has 26 heavy (non-hydrogen) atoms. The van der Waals surface area contributed by atoms with Gasteiger partial charge in [-0.05, 0) is 31.9 Å². The molecule has 0 aliphatic heterocycles. The molecule has 1 aromatic carbocycles. The summed E-state index contributed by atoms with van der Waals surface area (Å²) >= 11 is 5.58. The quantitative estimate of drug-likeness (QED) is 0.542. The number of aryl methyl sites for hydroxylation is 1. The molecule has 0 saturated carbocycles. The minimum absolute atomic E-state index is 0.142. The fourth-order valence-corrected chi connectivity index (χ4v) is 2.37. The standard InChI is InChI=1S/C17H18ClF2N3O3/c1-11(24)4-2-3-7-23-9-12(8-21-23)22-17(25)26-10-13-15(19)6-5-14(18)16(13)20/h5-6,8-9H,2-4,7,10H2,1H3,(H,22,25). The highest BCUT2D eigenvalue weighted by molar-refractivity contribution is 6.30. The molecule has 0 aliphatic rings. The summed E-state index contributed by atoms with van der Waals surface area (Å²) in [5.41, 5.74) is -0.0394. The van der Waals surface area contributed by atoms with E-state index in [4.69, 9.17) is 16.3 Å². The maximum atomic E-state index is 13.7. The molecule has 1 heterocycles. The number of unbranched alkanes of at least 4 members (excludes halogenated alkanes) is 1. The van der Waals surface area contributed by atoms with Gasteiger partial charge in [-0.25, -0.2) is 13.6 Å². The molecule has 2 rings (SSSR count). The summed E-state index contributed by atoms with van der Waals surface area (Å²) in [5, 5.41) is 6.23. The molecule has 140 valence electrons.